The first-order valence-corrected chi connectivity index (χ1v) is 7.47. The lowest BCUT2D eigenvalue weighted by molar-refractivity contribution is 0.218. The molecule has 0 radical (unpaired) electrons. The Morgan fingerprint density at radius 1 is 1.20 bits per heavy atom. The number of methoxy groups -OCH3 is 1. The highest BCUT2D eigenvalue weighted by Gasteiger charge is 2.14. The van der Waals surface area contributed by atoms with Gasteiger partial charge in [-0.3, -0.25) is 4.90 Å². The van der Waals surface area contributed by atoms with E-state index < -0.39 is 0 Å². The Kier molecular flexibility index (Phi) is 6.50. The lowest BCUT2D eigenvalue weighted by Gasteiger charge is -2.27. The van der Waals surface area contributed by atoms with Crippen LogP contribution < -0.4 is 10.5 Å². The zero-order valence-corrected chi connectivity index (χ0v) is 13.8. The number of nitrogens with zero attached hydrogens (tertiary/aromatic N) is 1. The Balaban J connectivity index is 2.86. The standard InChI is InChI=1S/C17H30N2O/c1-12(2)9-13(3)19(5)11-16-10-15(14(4)18)7-8-17(16)20-6/h7-8,10,12-14H,9,11,18H2,1-6H3. The largest absolute Gasteiger partial charge is 0.496 e. The molecule has 2 N–H and O–H groups in total. The van der Waals surface area contributed by atoms with Crippen molar-refractivity contribution in [1.29, 1.82) is 0 Å². The molecule has 0 aliphatic heterocycles. The summed E-state index contributed by atoms with van der Waals surface area (Å²) in [7, 11) is 3.90. The van der Waals surface area contributed by atoms with Gasteiger partial charge in [-0.2, -0.15) is 0 Å². The van der Waals surface area contributed by atoms with Crippen LogP contribution in [0.1, 0.15) is 51.3 Å². The predicted molar refractivity (Wildman–Crippen MR) is 86.0 cm³/mol. The maximum atomic E-state index is 5.98. The van der Waals surface area contributed by atoms with E-state index in [1.165, 1.54) is 12.0 Å². The van der Waals surface area contributed by atoms with E-state index in [1.807, 2.05) is 19.1 Å². The smallest absolute Gasteiger partial charge is 0.123 e. The molecule has 3 nitrogen and oxygen atoms in total. The second-order valence-corrected chi connectivity index (χ2v) is 6.25. The van der Waals surface area contributed by atoms with Crippen LogP contribution in [0.5, 0.6) is 5.75 Å². The molecule has 0 spiro atoms. The van der Waals surface area contributed by atoms with Gasteiger partial charge in [0.2, 0.25) is 0 Å². The van der Waals surface area contributed by atoms with E-state index in [1.54, 1.807) is 7.11 Å². The molecule has 0 heterocycles. The van der Waals surface area contributed by atoms with E-state index in [4.69, 9.17) is 10.5 Å². The van der Waals surface area contributed by atoms with Crippen LogP contribution in [-0.2, 0) is 6.54 Å². The Morgan fingerprint density at radius 3 is 2.35 bits per heavy atom. The normalized spacial score (nSPS) is 14.7. The topological polar surface area (TPSA) is 38.5 Å². The summed E-state index contributed by atoms with van der Waals surface area (Å²) >= 11 is 0. The molecule has 0 aromatic heterocycles. The zero-order valence-electron chi connectivity index (χ0n) is 13.8. The maximum absolute atomic E-state index is 5.98. The third-order valence-electron chi connectivity index (χ3n) is 3.81. The molecule has 0 bridgehead atoms. The van der Waals surface area contributed by atoms with Gasteiger partial charge in [-0.25, -0.2) is 0 Å². The third-order valence-corrected chi connectivity index (χ3v) is 3.81. The fourth-order valence-electron chi connectivity index (χ4n) is 2.49. The minimum absolute atomic E-state index is 0.0537. The molecule has 0 aliphatic rings. The SMILES string of the molecule is COc1ccc(C(C)N)cc1CN(C)C(C)CC(C)C. The van der Waals surface area contributed by atoms with E-state index in [9.17, 15) is 0 Å². The molecule has 0 amide bonds. The van der Waals surface area contributed by atoms with Crippen molar-refractivity contribution in [2.45, 2.75) is 52.7 Å². The highest BCUT2D eigenvalue weighted by Crippen LogP contribution is 2.25. The Morgan fingerprint density at radius 2 is 1.85 bits per heavy atom. The maximum Gasteiger partial charge on any atom is 0.123 e. The van der Waals surface area contributed by atoms with Gasteiger partial charge in [-0.05, 0) is 50.9 Å². The van der Waals surface area contributed by atoms with Crippen molar-refractivity contribution in [2.24, 2.45) is 11.7 Å². The molecule has 2 atom stereocenters. The number of hydrogen-bond acceptors (Lipinski definition) is 3. The summed E-state index contributed by atoms with van der Waals surface area (Å²) in [5, 5.41) is 0. The van der Waals surface area contributed by atoms with E-state index >= 15 is 0 Å². The Hall–Kier alpha value is -1.06. The van der Waals surface area contributed by atoms with Gasteiger partial charge in [0, 0.05) is 24.2 Å². The lowest BCUT2D eigenvalue weighted by Crippen LogP contribution is -2.30. The Labute approximate surface area is 124 Å². The van der Waals surface area contributed by atoms with Gasteiger partial charge in [0.05, 0.1) is 7.11 Å². The van der Waals surface area contributed by atoms with Crippen LogP contribution in [0.4, 0.5) is 0 Å². The molecule has 0 saturated heterocycles. The van der Waals surface area contributed by atoms with Gasteiger partial charge in [0.15, 0.2) is 0 Å². The van der Waals surface area contributed by atoms with E-state index in [2.05, 4.69) is 38.8 Å². The van der Waals surface area contributed by atoms with E-state index in [0.717, 1.165) is 17.9 Å². The lowest BCUT2D eigenvalue weighted by atomic mass is 10.0. The van der Waals surface area contributed by atoms with Crippen LogP contribution in [0, 0.1) is 5.92 Å². The van der Waals surface area contributed by atoms with Crippen LogP contribution in [-0.4, -0.2) is 25.1 Å². The van der Waals surface area contributed by atoms with Crippen molar-refractivity contribution in [1.82, 2.24) is 4.90 Å². The number of benzene rings is 1. The molecule has 0 saturated carbocycles. The van der Waals surface area contributed by atoms with Crippen molar-refractivity contribution >= 4 is 0 Å². The number of nitrogens with two attached hydrogens (primary N) is 1. The molecule has 20 heavy (non-hydrogen) atoms. The molecular formula is C17H30N2O. The average molecular weight is 278 g/mol. The van der Waals surface area contributed by atoms with Crippen molar-refractivity contribution in [3.8, 4) is 5.75 Å². The summed E-state index contributed by atoms with van der Waals surface area (Å²) in [6.07, 6.45) is 1.20. The first-order chi connectivity index (χ1) is 9.35. The molecule has 0 aliphatic carbocycles. The van der Waals surface area contributed by atoms with Crippen LogP contribution in [0.25, 0.3) is 0 Å². The van der Waals surface area contributed by atoms with Crippen LogP contribution in [0.15, 0.2) is 18.2 Å². The molecule has 1 aromatic rings. The van der Waals surface area contributed by atoms with E-state index in [0.29, 0.717) is 12.0 Å². The second-order valence-electron chi connectivity index (χ2n) is 6.25. The van der Waals surface area contributed by atoms with E-state index in [-0.39, 0.29) is 6.04 Å². The monoisotopic (exact) mass is 278 g/mol. The Bertz CT molecular complexity index is 415. The summed E-state index contributed by atoms with van der Waals surface area (Å²) in [5.74, 6) is 1.66. The molecule has 1 rings (SSSR count). The number of hydrogen-bond donors (Lipinski definition) is 1. The summed E-state index contributed by atoms with van der Waals surface area (Å²) in [6, 6.07) is 6.85. The molecule has 3 heteroatoms. The minimum atomic E-state index is 0.0537. The summed E-state index contributed by atoms with van der Waals surface area (Å²) in [4.78, 5) is 2.38. The fraction of sp³-hybridized carbons (Fsp3) is 0.647. The van der Waals surface area contributed by atoms with Crippen molar-refractivity contribution in [3.63, 3.8) is 0 Å². The summed E-state index contributed by atoms with van der Waals surface area (Å²) in [5.41, 5.74) is 8.34. The minimum Gasteiger partial charge on any atom is -0.496 e. The first kappa shape index (κ1) is 17.0. The van der Waals surface area contributed by atoms with Gasteiger partial charge in [-0.15, -0.1) is 0 Å². The van der Waals surface area contributed by atoms with Gasteiger partial charge in [0.1, 0.15) is 5.75 Å². The zero-order chi connectivity index (χ0) is 15.3. The third kappa shape index (κ3) is 4.80. The molecule has 0 fully saturated rings. The van der Waals surface area contributed by atoms with Gasteiger partial charge in [0.25, 0.3) is 0 Å². The molecule has 2 unspecified atom stereocenters. The van der Waals surface area contributed by atoms with Gasteiger partial charge >= 0.3 is 0 Å². The molecule has 1 aromatic carbocycles. The van der Waals surface area contributed by atoms with Crippen LogP contribution >= 0.6 is 0 Å². The highest BCUT2D eigenvalue weighted by molar-refractivity contribution is 5.38. The fourth-order valence-corrected chi connectivity index (χ4v) is 2.49. The van der Waals surface area contributed by atoms with Gasteiger partial charge in [-0.1, -0.05) is 19.9 Å². The van der Waals surface area contributed by atoms with Crippen molar-refractivity contribution < 1.29 is 4.74 Å². The number of ether oxygens (including phenoxy) is 1. The second kappa shape index (κ2) is 7.65. The van der Waals surface area contributed by atoms with Crippen molar-refractivity contribution in [3.05, 3.63) is 29.3 Å². The van der Waals surface area contributed by atoms with Gasteiger partial charge < -0.3 is 10.5 Å². The summed E-state index contributed by atoms with van der Waals surface area (Å²) < 4.78 is 5.47. The van der Waals surface area contributed by atoms with Crippen LogP contribution in [0.2, 0.25) is 0 Å². The quantitative estimate of drug-likeness (QED) is 0.828. The summed E-state index contributed by atoms with van der Waals surface area (Å²) in [6.45, 7) is 9.71. The number of rotatable bonds is 7. The predicted octanol–water partition coefficient (Wildman–Crippen LogP) is 3.58. The van der Waals surface area contributed by atoms with Crippen molar-refractivity contribution in [2.75, 3.05) is 14.2 Å². The first-order valence-electron chi connectivity index (χ1n) is 7.47. The molecular weight excluding hydrogens is 248 g/mol. The highest BCUT2D eigenvalue weighted by atomic mass is 16.5. The molecule has 114 valence electrons. The van der Waals surface area contributed by atoms with Crippen LogP contribution in [0.3, 0.4) is 0 Å². The average Bonchev–Trinajstić information content (AvgIpc) is 2.37.